The summed E-state index contributed by atoms with van der Waals surface area (Å²) in [5.74, 6) is -0.339. The molecule has 0 aromatic heterocycles. The van der Waals surface area contributed by atoms with Crippen LogP contribution in [0, 0.1) is 5.82 Å². The lowest BCUT2D eigenvalue weighted by molar-refractivity contribution is 0.0928. The first-order valence-corrected chi connectivity index (χ1v) is 5.73. The van der Waals surface area contributed by atoms with Crippen molar-refractivity contribution in [2.24, 2.45) is 0 Å². The number of Topliss-reactive ketones (excluding diaryl/α,β-unsaturated/α-hetero) is 1. The van der Waals surface area contributed by atoms with E-state index < -0.39 is 0 Å². The standard InChI is InChI=1S/C13H16FNO/c1-2-15(12-6-7-12)9-13(16)10-4-3-5-11(14)8-10/h3-5,8,12H,2,6-7,9H2,1H3. The first-order valence-electron chi connectivity index (χ1n) is 5.73. The number of hydrogen-bond donors (Lipinski definition) is 0. The molecule has 0 spiro atoms. The molecule has 0 saturated heterocycles. The predicted molar refractivity (Wildman–Crippen MR) is 61.0 cm³/mol. The Labute approximate surface area is 95.1 Å². The number of likely N-dealkylation sites (N-methyl/N-ethyl adjacent to an activating group) is 1. The maximum Gasteiger partial charge on any atom is 0.176 e. The average molecular weight is 221 g/mol. The van der Waals surface area contributed by atoms with Crippen LogP contribution in [-0.2, 0) is 0 Å². The molecule has 1 aliphatic rings. The third-order valence-corrected chi connectivity index (χ3v) is 2.96. The second kappa shape index (κ2) is 4.74. The number of benzene rings is 1. The van der Waals surface area contributed by atoms with Crippen LogP contribution in [0.1, 0.15) is 30.1 Å². The van der Waals surface area contributed by atoms with Gasteiger partial charge in [0.2, 0.25) is 0 Å². The van der Waals surface area contributed by atoms with Gasteiger partial charge >= 0.3 is 0 Å². The lowest BCUT2D eigenvalue weighted by Crippen LogP contribution is -2.31. The van der Waals surface area contributed by atoms with Crippen molar-refractivity contribution in [2.45, 2.75) is 25.8 Å². The fourth-order valence-electron chi connectivity index (χ4n) is 1.88. The highest BCUT2D eigenvalue weighted by Gasteiger charge is 2.29. The minimum absolute atomic E-state index is 0.00764. The molecule has 1 fully saturated rings. The minimum atomic E-state index is -0.347. The van der Waals surface area contributed by atoms with E-state index in [1.807, 2.05) is 0 Å². The topological polar surface area (TPSA) is 20.3 Å². The van der Waals surface area contributed by atoms with Gasteiger partial charge in [-0.1, -0.05) is 19.1 Å². The summed E-state index contributed by atoms with van der Waals surface area (Å²) in [5.41, 5.74) is 0.471. The third kappa shape index (κ3) is 2.67. The normalized spacial score (nSPS) is 15.4. The fourth-order valence-corrected chi connectivity index (χ4v) is 1.88. The van der Waals surface area contributed by atoms with E-state index in [9.17, 15) is 9.18 Å². The molecule has 16 heavy (non-hydrogen) atoms. The Balaban J connectivity index is 2.01. The Morgan fingerprint density at radius 3 is 2.81 bits per heavy atom. The molecule has 0 unspecified atom stereocenters. The Kier molecular flexibility index (Phi) is 3.34. The van der Waals surface area contributed by atoms with Gasteiger partial charge in [0.1, 0.15) is 5.82 Å². The molecule has 2 rings (SSSR count). The summed E-state index contributed by atoms with van der Waals surface area (Å²) in [6.07, 6.45) is 2.37. The smallest absolute Gasteiger partial charge is 0.176 e. The summed E-state index contributed by atoms with van der Waals surface area (Å²) in [4.78, 5) is 14.1. The quantitative estimate of drug-likeness (QED) is 0.712. The molecule has 0 atom stereocenters. The van der Waals surface area contributed by atoms with Crippen molar-refractivity contribution < 1.29 is 9.18 Å². The van der Waals surface area contributed by atoms with Crippen molar-refractivity contribution in [1.82, 2.24) is 4.90 Å². The van der Waals surface area contributed by atoms with Gasteiger partial charge < -0.3 is 0 Å². The predicted octanol–water partition coefficient (Wildman–Crippen LogP) is 2.49. The van der Waals surface area contributed by atoms with Crippen molar-refractivity contribution in [3.05, 3.63) is 35.6 Å². The summed E-state index contributed by atoms with van der Waals surface area (Å²) in [6, 6.07) is 6.49. The van der Waals surface area contributed by atoms with Crippen LogP contribution in [0.2, 0.25) is 0 Å². The lowest BCUT2D eigenvalue weighted by atomic mass is 10.1. The van der Waals surface area contributed by atoms with E-state index >= 15 is 0 Å². The van der Waals surface area contributed by atoms with Crippen LogP contribution in [-0.4, -0.2) is 29.8 Å². The second-order valence-electron chi connectivity index (χ2n) is 4.23. The molecule has 0 aliphatic heterocycles. The molecule has 0 amide bonds. The molecule has 0 N–H and O–H groups in total. The minimum Gasteiger partial charge on any atom is -0.293 e. The van der Waals surface area contributed by atoms with Crippen LogP contribution in [0.4, 0.5) is 4.39 Å². The summed E-state index contributed by atoms with van der Waals surface area (Å²) in [7, 11) is 0. The van der Waals surface area contributed by atoms with E-state index in [2.05, 4.69) is 11.8 Å². The Hall–Kier alpha value is -1.22. The molecule has 1 aliphatic carbocycles. The fraction of sp³-hybridized carbons (Fsp3) is 0.462. The van der Waals surface area contributed by atoms with Gasteiger partial charge in [-0.3, -0.25) is 9.69 Å². The zero-order valence-corrected chi connectivity index (χ0v) is 9.45. The molecule has 1 aromatic rings. The number of carbonyl (C=O) groups excluding carboxylic acids is 1. The van der Waals surface area contributed by atoms with E-state index in [1.165, 1.54) is 25.0 Å². The SMILES string of the molecule is CCN(CC(=O)c1cccc(F)c1)C1CC1. The Morgan fingerprint density at radius 1 is 1.50 bits per heavy atom. The molecule has 2 nitrogen and oxygen atoms in total. The molecule has 1 saturated carbocycles. The maximum absolute atomic E-state index is 13.0. The van der Waals surface area contributed by atoms with Crippen molar-refractivity contribution >= 4 is 5.78 Å². The molecular formula is C13H16FNO. The van der Waals surface area contributed by atoms with E-state index in [0.29, 0.717) is 18.2 Å². The monoisotopic (exact) mass is 221 g/mol. The van der Waals surface area contributed by atoms with Gasteiger partial charge in [0.25, 0.3) is 0 Å². The summed E-state index contributed by atoms with van der Waals surface area (Å²) in [5, 5.41) is 0. The van der Waals surface area contributed by atoms with Crippen LogP contribution in [0.15, 0.2) is 24.3 Å². The third-order valence-electron chi connectivity index (χ3n) is 2.96. The molecule has 0 radical (unpaired) electrons. The highest BCUT2D eigenvalue weighted by molar-refractivity contribution is 5.97. The molecule has 3 heteroatoms. The van der Waals surface area contributed by atoms with E-state index in [4.69, 9.17) is 0 Å². The zero-order chi connectivity index (χ0) is 11.5. The van der Waals surface area contributed by atoms with Crippen molar-refractivity contribution in [1.29, 1.82) is 0 Å². The number of nitrogens with zero attached hydrogens (tertiary/aromatic N) is 1. The summed E-state index contributed by atoms with van der Waals surface area (Å²) >= 11 is 0. The molecule has 0 bridgehead atoms. The average Bonchev–Trinajstić information content (AvgIpc) is 3.09. The van der Waals surface area contributed by atoms with Gasteiger partial charge in [-0.2, -0.15) is 0 Å². The summed E-state index contributed by atoms with van der Waals surface area (Å²) < 4.78 is 13.0. The van der Waals surface area contributed by atoms with Crippen molar-refractivity contribution in [3.63, 3.8) is 0 Å². The van der Waals surface area contributed by atoms with Crippen LogP contribution in [0.25, 0.3) is 0 Å². The number of rotatable bonds is 5. The highest BCUT2D eigenvalue weighted by Crippen LogP contribution is 2.26. The summed E-state index contributed by atoms with van der Waals surface area (Å²) in [6.45, 7) is 3.34. The van der Waals surface area contributed by atoms with Crippen LogP contribution in [0.5, 0.6) is 0 Å². The molecular weight excluding hydrogens is 205 g/mol. The number of carbonyl (C=O) groups is 1. The van der Waals surface area contributed by atoms with Crippen LogP contribution in [0.3, 0.4) is 0 Å². The van der Waals surface area contributed by atoms with Gasteiger partial charge in [0.05, 0.1) is 6.54 Å². The maximum atomic E-state index is 13.0. The van der Waals surface area contributed by atoms with E-state index in [-0.39, 0.29) is 11.6 Å². The van der Waals surface area contributed by atoms with Crippen LogP contribution < -0.4 is 0 Å². The lowest BCUT2D eigenvalue weighted by Gasteiger charge is -2.18. The molecule has 86 valence electrons. The van der Waals surface area contributed by atoms with E-state index in [1.54, 1.807) is 12.1 Å². The first kappa shape index (κ1) is 11.3. The van der Waals surface area contributed by atoms with Crippen molar-refractivity contribution in [2.75, 3.05) is 13.1 Å². The van der Waals surface area contributed by atoms with Crippen LogP contribution >= 0.6 is 0 Å². The van der Waals surface area contributed by atoms with Gasteiger partial charge in [-0.15, -0.1) is 0 Å². The van der Waals surface area contributed by atoms with Crippen molar-refractivity contribution in [3.8, 4) is 0 Å². The van der Waals surface area contributed by atoms with Gasteiger partial charge in [-0.25, -0.2) is 4.39 Å². The number of hydrogen-bond acceptors (Lipinski definition) is 2. The van der Waals surface area contributed by atoms with Gasteiger partial charge in [0.15, 0.2) is 5.78 Å². The zero-order valence-electron chi connectivity index (χ0n) is 9.45. The Morgan fingerprint density at radius 2 is 2.25 bits per heavy atom. The number of halogens is 1. The van der Waals surface area contributed by atoms with Gasteiger partial charge in [-0.05, 0) is 31.5 Å². The molecule has 1 aromatic carbocycles. The molecule has 0 heterocycles. The van der Waals surface area contributed by atoms with E-state index in [0.717, 1.165) is 6.54 Å². The van der Waals surface area contributed by atoms with Gasteiger partial charge in [0, 0.05) is 11.6 Å². The first-order chi connectivity index (χ1) is 7.70. The Bertz CT molecular complexity index is 387. The second-order valence-corrected chi connectivity index (χ2v) is 4.23. The highest BCUT2D eigenvalue weighted by atomic mass is 19.1. The number of ketones is 1. The largest absolute Gasteiger partial charge is 0.293 e.